The van der Waals surface area contributed by atoms with Crippen molar-refractivity contribution in [2.24, 2.45) is 17.1 Å². The van der Waals surface area contributed by atoms with Crippen LogP contribution in [0.1, 0.15) is 39.5 Å². The van der Waals surface area contributed by atoms with Crippen LogP contribution in [-0.4, -0.2) is 19.0 Å². The minimum Gasteiger partial charge on any atom is -0.355 e. The van der Waals surface area contributed by atoms with Crippen molar-refractivity contribution in [2.45, 2.75) is 39.5 Å². The van der Waals surface area contributed by atoms with Gasteiger partial charge in [0.2, 0.25) is 5.91 Å². The van der Waals surface area contributed by atoms with Crippen molar-refractivity contribution in [1.29, 1.82) is 0 Å². The topological polar surface area (TPSA) is 55.1 Å². The van der Waals surface area contributed by atoms with Gasteiger partial charge in [-0.2, -0.15) is 0 Å². The molecule has 3 nitrogen and oxygen atoms in total. The third-order valence-electron chi connectivity index (χ3n) is 3.38. The number of carbonyl (C=O) groups is 1. The molecule has 1 fully saturated rings. The summed E-state index contributed by atoms with van der Waals surface area (Å²) in [6, 6.07) is 0. The van der Waals surface area contributed by atoms with Crippen molar-refractivity contribution in [3.63, 3.8) is 0 Å². The molecule has 0 radical (unpaired) electrons. The summed E-state index contributed by atoms with van der Waals surface area (Å²) in [6.45, 7) is 5.60. The summed E-state index contributed by atoms with van der Waals surface area (Å²) in [6.07, 6.45) is 4.20. The van der Waals surface area contributed by atoms with Gasteiger partial charge in [0.1, 0.15) is 0 Å². The predicted molar refractivity (Wildman–Crippen MR) is 57.8 cm³/mol. The number of hydrogen-bond donors (Lipinski definition) is 2. The highest BCUT2D eigenvalue weighted by Crippen LogP contribution is 2.43. The third kappa shape index (κ3) is 2.71. The van der Waals surface area contributed by atoms with Gasteiger partial charge in [-0.1, -0.05) is 13.8 Å². The van der Waals surface area contributed by atoms with Gasteiger partial charge in [0, 0.05) is 12.5 Å². The Kier molecular flexibility index (Phi) is 3.93. The molecule has 3 N–H and O–H groups in total. The summed E-state index contributed by atoms with van der Waals surface area (Å²) >= 11 is 0. The molecule has 82 valence electrons. The van der Waals surface area contributed by atoms with Crippen molar-refractivity contribution in [3.05, 3.63) is 0 Å². The normalized spacial score (nSPS) is 18.3. The molecule has 1 aliphatic carbocycles. The van der Waals surface area contributed by atoms with E-state index in [1.54, 1.807) is 0 Å². The Balaban J connectivity index is 2.27. The van der Waals surface area contributed by atoms with Gasteiger partial charge in [-0.05, 0) is 37.6 Å². The molecule has 0 heterocycles. The molecule has 0 spiro atoms. The zero-order chi connectivity index (χ0) is 10.6. The molecule has 3 heteroatoms. The Morgan fingerprint density at radius 3 is 2.36 bits per heavy atom. The van der Waals surface area contributed by atoms with Crippen LogP contribution in [0.2, 0.25) is 0 Å². The molecule has 0 saturated heterocycles. The second kappa shape index (κ2) is 4.78. The molecule has 0 atom stereocenters. The Bertz CT molecular complexity index is 195. The van der Waals surface area contributed by atoms with E-state index in [1.807, 2.05) is 0 Å². The SMILES string of the molecule is CCC(CC)C(=O)NCC1(CN)CC1. The Morgan fingerprint density at radius 1 is 1.43 bits per heavy atom. The molecule has 1 amide bonds. The first-order valence-corrected chi connectivity index (χ1v) is 5.65. The second-order valence-electron chi connectivity index (χ2n) is 4.44. The zero-order valence-corrected chi connectivity index (χ0v) is 9.31. The molecule has 0 aromatic heterocycles. The quantitative estimate of drug-likeness (QED) is 0.675. The van der Waals surface area contributed by atoms with Gasteiger partial charge < -0.3 is 11.1 Å². The van der Waals surface area contributed by atoms with Gasteiger partial charge in [-0.3, -0.25) is 4.79 Å². The average molecular weight is 198 g/mol. The fourth-order valence-electron chi connectivity index (χ4n) is 1.71. The summed E-state index contributed by atoms with van der Waals surface area (Å²) in [7, 11) is 0. The number of carbonyl (C=O) groups excluding carboxylic acids is 1. The maximum Gasteiger partial charge on any atom is 0.223 e. The van der Waals surface area contributed by atoms with Gasteiger partial charge in [0.15, 0.2) is 0 Å². The van der Waals surface area contributed by atoms with E-state index in [1.165, 1.54) is 12.8 Å². The molecule has 1 rings (SSSR count). The lowest BCUT2D eigenvalue weighted by Crippen LogP contribution is -2.37. The molecule has 1 aliphatic rings. The number of amides is 1. The van der Waals surface area contributed by atoms with Gasteiger partial charge in [-0.25, -0.2) is 0 Å². The largest absolute Gasteiger partial charge is 0.355 e. The molecule has 0 bridgehead atoms. The van der Waals surface area contributed by atoms with E-state index >= 15 is 0 Å². The van der Waals surface area contributed by atoms with Crippen LogP contribution >= 0.6 is 0 Å². The van der Waals surface area contributed by atoms with Crippen LogP contribution in [0.4, 0.5) is 0 Å². The Morgan fingerprint density at radius 2 is 2.00 bits per heavy atom. The predicted octanol–water partition coefficient (Wildman–Crippen LogP) is 1.28. The summed E-state index contributed by atoms with van der Waals surface area (Å²) < 4.78 is 0. The van der Waals surface area contributed by atoms with Crippen LogP contribution in [-0.2, 0) is 4.79 Å². The fraction of sp³-hybridized carbons (Fsp3) is 0.909. The van der Waals surface area contributed by atoms with Crippen LogP contribution in [0.25, 0.3) is 0 Å². The van der Waals surface area contributed by atoms with E-state index in [2.05, 4.69) is 19.2 Å². The molecular weight excluding hydrogens is 176 g/mol. The molecule has 0 aromatic rings. The van der Waals surface area contributed by atoms with Crippen molar-refractivity contribution >= 4 is 5.91 Å². The van der Waals surface area contributed by atoms with Crippen LogP contribution in [0, 0.1) is 11.3 Å². The van der Waals surface area contributed by atoms with Crippen LogP contribution in [0.5, 0.6) is 0 Å². The first kappa shape index (κ1) is 11.5. The first-order chi connectivity index (χ1) is 6.67. The minimum atomic E-state index is 0.184. The van der Waals surface area contributed by atoms with Gasteiger partial charge >= 0.3 is 0 Å². The summed E-state index contributed by atoms with van der Waals surface area (Å²) in [5.74, 6) is 0.387. The van der Waals surface area contributed by atoms with E-state index in [-0.39, 0.29) is 17.2 Å². The van der Waals surface area contributed by atoms with Gasteiger partial charge in [0.05, 0.1) is 0 Å². The maximum absolute atomic E-state index is 11.6. The smallest absolute Gasteiger partial charge is 0.223 e. The summed E-state index contributed by atoms with van der Waals surface area (Å²) in [5, 5.41) is 3.02. The van der Waals surface area contributed by atoms with E-state index in [4.69, 9.17) is 5.73 Å². The highest BCUT2D eigenvalue weighted by molar-refractivity contribution is 5.78. The Labute approximate surface area is 86.4 Å². The molecule has 0 aromatic carbocycles. The van der Waals surface area contributed by atoms with E-state index in [0.717, 1.165) is 19.4 Å². The minimum absolute atomic E-state index is 0.184. The standard InChI is InChI=1S/C11H22N2O/c1-3-9(4-2)10(14)13-8-11(7-12)5-6-11/h9H,3-8,12H2,1-2H3,(H,13,14). The molecular formula is C11H22N2O. The number of nitrogens with two attached hydrogens (primary N) is 1. The van der Waals surface area contributed by atoms with Crippen molar-refractivity contribution < 1.29 is 4.79 Å². The van der Waals surface area contributed by atoms with Crippen LogP contribution < -0.4 is 11.1 Å². The summed E-state index contributed by atoms with van der Waals surface area (Å²) in [5.41, 5.74) is 5.90. The lowest BCUT2D eigenvalue weighted by Gasteiger charge is -2.17. The first-order valence-electron chi connectivity index (χ1n) is 5.65. The van der Waals surface area contributed by atoms with Crippen molar-refractivity contribution in [1.82, 2.24) is 5.32 Å². The number of rotatable bonds is 6. The van der Waals surface area contributed by atoms with Gasteiger partial charge in [-0.15, -0.1) is 0 Å². The lowest BCUT2D eigenvalue weighted by atomic mass is 10.0. The van der Waals surface area contributed by atoms with Crippen molar-refractivity contribution in [2.75, 3.05) is 13.1 Å². The van der Waals surface area contributed by atoms with Crippen molar-refractivity contribution in [3.8, 4) is 0 Å². The monoisotopic (exact) mass is 198 g/mol. The number of nitrogens with one attached hydrogen (secondary N) is 1. The summed E-state index contributed by atoms with van der Waals surface area (Å²) in [4.78, 5) is 11.6. The average Bonchev–Trinajstić information content (AvgIpc) is 2.97. The van der Waals surface area contributed by atoms with Crippen LogP contribution in [0.3, 0.4) is 0 Å². The fourth-order valence-corrected chi connectivity index (χ4v) is 1.71. The third-order valence-corrected chi connectivity index (χ3v) is 3.38. The Hall–Kier alpha value is -0.570. The van der Waals surface area contributed by atoms with Crippen LogP contribution in [0.15, 0.2) is 0 Å². The second-order valence-corrected chi connectivity index (χ2v) is 4.44. The molecule has 14 heavy (non-hydrogen) atoms. The van der Waals surface area contributed by atoms with E-state index in [0.29, 0.717) is 6.54 Å². The molecule has 1 saturated carbocycles. The number of hydrogen-bond acceptors (Lipinski definition) is 2. The maximum atomic E-state index is 11.6. The molecule has 0 unspecified atom stereocenters. The van der Waals surface area contributed by atoms with E-state index in [9.17, 15) is 4.79 Å². The van der Waals surface area contributed by atoms with E-state index < -0.39 is 0 Å². The molecule has 0 aliphatic heterocycles. The lowest BCUT2D eigenvalue weighted by molar-refractivity contribution is -0.125. The highest BCUT2D eigenvalue weighted by Gasteiger charge is 2.41. The van der Waals surface area contributed by atoms with Gasteiger partial charge in [0.25, 0.3) is 0 Å². The highest BCUT2D eigenvalue weighted by atomic mass is 16.1. The zero-order valence-electron chi connectivity index (χ0n) is 9.31.